The van der Waals surface area contributed by atoms with Crippen molar-refractivity contribution >= 4 is 43.5 Å². The van der Waals surface area contributed by atoms with E-state index in [4.69, 9.17) is 16.3 Å². The maximum atomic E-state index is 5.83. The van der Waals surface area contributed by atoms with Gasteiger partial charge in [-0.15, -0.1) is 11.6 Å². The third kappa shape index (κ3) is 3.94. The number of hydrogen-bond acceptors (Lipinski definition) is 2. The summed E-state index contributed by atoms with van der Waals surface area (Å²) in [5, 5.41) is 0. The molecule has 0 N–H and O–H groups in total. The van der Waals surface area contributed by atoms with Crippen LogP contribution in [0.15, 0.2) is 39.5 Å². The van der Waals surface area contributed by atoms with E-state index in [1.54, 1.807) is 0 Å². The molecule has 0 aliphatic carbocycles. The SMILES string of the molecule is Cc1cncc(COc2c(Br)cc(CCl)cc2Br)c1. The molecule has 0 radical (unpaired) electrons. The average molecular weight is 406 g/mol. The zero-order valence-corrected chi connectivity index (χ0v) is 14.2. The monoisotopic (exact) mass is 403 g/mol. The number of benzene rings is 1. The number of halogens is 3. The van der Waals surface area contributed by atoms with Crippen LogP contribution in [0, 0.1) is 6.92 Å². The zero-order chi connectivity index (χ0) is 13.8. The van der Waals surface area contributed by atoms with Crippen molar-refractivity contribution in [3.05, 3.63) is 56.2 Å². The van der Waals surface area contributed by atoms with Gasteiger partial charge in [0.2, 0.25) is 0 Å². The van der Waals surface area contributed by atoms with Crippen LogP contribution in [-0.2, 0) is 12.5 Å². The Labute approximate surface area is 134 Å². The van der Waals surface area contributed by atoms with Crippen molar-refractivity contribution in [3.8, 4) is 5.75 Å². The molecule has 0 atom stereocenters. The van der Waals surface area contributed by atoms with E-state index < -0.39 is 0 Å². The molecular formula is C14H12Br2ClNO. The van der Waals surface area contributed by atoms with Crippen LogP contribution in [0.5, 0.6) is 5.75 Å². The van der Waals surface area contributed by atoms with Crippen LogP contribution in [0.2, 0.25) is 0 Å². The van der Waals surface area contributed by atoms with Crippen molar-refractivity contribution < 1.29 is 4.74 Å². The van der Waals surface area contributed by atoms with E-state index in [9.17, 15) is 0 Å². The Bertz CT molecular complexity index is 566. The van der Waals surface area contributed by atoms with Gasteiger partial charge in [0.15, 0.2) is 0 Å². The van der Waals surface area contributed by atoms with Crippen LogP contribution < -0.4 is 4.74 Å². The predicted molar refractivity (Wildman–Crippen MR) is 84.7 cm³/mol. The number of ether oxygens (including phenoxy) is 1. The summed E-state index contributed by atoms with van der Waals surface area (Å²) in [4.78, 5) is 4.15. The average Bonchev–Trinajstić information content (AvgIpc) is 2.37. The molecule has 100 valence electrons. The Hall–Kier alpha value is -0.580. The quantitative estimate of drug-likeness (QED) is 0.650. The van der Waals surface area contributed by atoms with E-state index in [0.29, 0.717) is 12.5 Å². The third-order valence-electron chi connectivity index (χ3n) is 2.53. The molecule has 0 saturated heterocycles. The van der Waals surface area contributed by atoms with Gasteiger partial charge in [-0.1, -0.05) is 0 Å². The maximum absolute atomic E-state index is 5.83. The second kappa shape index (κ2) is 6.73. The smallest absolute Gasteiger partial charge is 0.148 e. The summed E-state index contributed by atoms with van der Waals surface area (Å²) in [6.45, 7) is 2.49. The second-order valence-corrected chi connectivity index (χ2v) is 6.16. The van der Waals surface area contributed by atoms with E-state index in [-0.39, 0.29) is 0 Å². The van der Waals surface area contributed by atoms with Crippen LogP contribution in [-0.4, -0.2) is 4.98 Å². The van der Waals surface area contributed by atoms with Gasteiger partial charge < -0.3 is 4.74 Å². The molecule has 0 fully saturated rings. The van der Waals surface area contributed by atoms with Gasteiger partial charge in [-0.3, -0.25) is 4.98 Å². The van der Waals surface area contributed by atoms with Crippen LogP contribution in [0.4, 0.5) is 0 Å². The van der Waals surface area contributed by atoms with Crippen LogP contribution in [0.25, 0.3) is 0 Å². The van der Waals surface area contributed by atoms with Gasteiger partial charge >= 0.3 is 0 Å². The highest BCUT2D eigenvalue weighted by Crippen LogP contribution is 2.35. The Morgan fingerprint density at radius 3 is 2.37 bits per heavy atom. The van der Waals surface area contributed by atoms with Gasteiger partial charge in [0.05, 0.1) is 8.95 Å². The maximum Gasteiger partial charge on any atom is 0.148 e. The first-order valence-corrected chi connectivity index (χ1v) is 7.79. The summed E-state index contributed by atoms with van der Waals surface area (Å²) in [5.74, 6) is 1.25. The standard InChI is InChI=1S/C14H12Br2ClNO/c1-9-2-11(7-18-6-9)8-19-14-12(15)3-10(5-17)4-13(14)16/h2-4,6-7H,5,8H2,1H3. The van der Waals surface area contributed by atoms with Crippen LogP contribution >= 0.6 is 43.5 Å². The van der Waals surface area contributed by atoms with Crippen molar-refractivity contribution in [3.63, 3.8) is 0 Å². The fourth-order valence-corrected chi connectivity index (χ4v) is 3.34. The molecule has 0 amide bonds. The van der Waals surface area contributed by atoms with Crippen molar-refractivity contribution in [1.29, 1.82) is 0 Å². The van der Waals surface area contributed by atoms with Crippen LogP contribution in [0.3, 0.4) is 0 Å². The lowest BCUT2D eigenvalue weighted by atomic mass is 10.2. The number of nitrogens with zero attached hydrogens (tertiary/aromatic N) is 1. The van der Waals surface area contributed by atoms with Gasteiger partial charge in [0, 0.05) is 23.8 Å². The summed E-state index contributed by atoms with van der Waals surface area (Å²) in [6, 6.07) is 5.98. The summed E-state index contributed by atoms with van der Waals surface area (Å²) in [6.07, 6.45) is 3.63. The Kier molecular flexibility index (Phi) is 5.25. The van der Waals surface area contributed by atoms with Crippen molar-refractivity contribution in [1.82, 2.24) is 4.98 Å². The van der Waals surface area contributed by atoms with Gasteiger partial charge in [-0.2, -0.15) is 0 Å². The molecule has 2 rings (SSSR count). The predicted octanol–water partition coefficient (Wildman–Crippen LogP) is 5.23. The second-order valence-electron chi connectivity index (χ2n) is 4.18. The molecule has 1 heterocycles. The highest BCUT2D eigenvalue weighted by Gasteiger charge is 2.09. The number of pyridine rings is 1. The zero-order valence-electron chi connectivity index (χ0n) is 10.3. The van der Waals surface area contributed by atoms with E-state index in [1.807, 2.05) is 31.5 Å². The number of aryl methyl sites for hydroxylation is 1. The molecule has 0 aliphatic rings. The third-order valence-corrected chi connectivity index (χ3v) is 4.01. The topological polar surface area (TPSA) is 22.1 Å². The Morgan fingerprint density at radius 1 is 1.11 bits per heavy atom. The van der Waals surface area contributed by atoms with Crippen molar-refractivity contribution in [2.75, 3.05) is 0 Å². The number of hydrogen-bond donors (Lipinski definition) is 0. The van der Waals surface area contributed by atoms with E-state index in [0.717, 1.165) is 31.4 Å². The molecule has 1 aromatic carbocycles. The molecule has 5 heteroatoms. The highest BCUT2D eigenvalue weighted by atomic mass is 79.9. The molecular weight excluding hydrogens is 393 g/mol. The minimum atomic E-state index is 0.472. The first-order chi connectivity index (χ1) is 9.10. The molecule has 2 aromatic rings. The molecule has 1 aromatic heterocycles. The molecule has 0 bridgehead atoms. The summed E-state index contributed by atoms with van der Waals surface area (Å²) < 4.78 is 7.61. The van der Waals surface area contributed by atoms with E-state index in [1.165, 1.54) is 0 Å². The van der Waals surface area contributed by atoms with Gasteiger partial charge in [0.1, 0.15) is 12.4 Å². The van der Waals surface area contributed by atoms with Gasteiger partial charge in [-0.05, 0) is 68.1 Å². The number of aromatic nitrogens is 1. The molecule has 0 saturated carbocycles. The minimum Gasteiger partial charge on any atom is -0.486 e. The minimum absolute atomic E-state index is 0.472. The summed E-state index contributed by atoms with van der Waals surface area (Å²) in [7, 11) is 0. The molecule has 0 unspecified atom stereocenters. The fourth-order valence-electron chi connectivity index (χ4n) is 1.68. The first-order valence-electron chi connectivity index (χ1n) is 5.67. The largest absolute Gasteiger partial charge is 0.486 e. The molecule has 0 aliphatic heterocycles. The highest BCUT2D eigenvalue weighted by molar-refractivity contribution is 9.11. The first kappa shape index (κ1) is 14.8. The Morgan fingerprint density at radius 2 is 1.79 bits per heavy atom. The van der Waals surface area contributed by atoms with Crippen molar-refractivity contribution in [2.45, 2.75) is 19.4 Å². The molecule has 19 heavy (non-hydrogen) atoms. The van der Waals surface area contributed by atoms with Gasteiger partial charge in [0.25, 0.3) is 0 Å². The van der Waals surface area contributed by atoms with Gasteiger partial charge in [-0.25, -0.2) is 0 Å². The Balaban J connectivity index is 2.16. The number of rotatable bonds is 4. The van der Waals surface area contributed by atoms with Crippen LogP contribution in [0.1, 0.15) is 16.7 Å². The summed E-state index contributed by atoms with van der Waals surface area (Å²) >= 11 is 12.8. The lowest BCUT2D eigenvalue weighted by molar-refractivity contribution is 0.301. The molecule has 2 nitrogen and oxygen atoms in total. The normalized spacial score (nSPS) is 10.5. The summed E-state index contributed by atoms with van der Waals surface area (Å²) in [5.41, 5.74) is 3.20. The van der Waals surface area contributed by atoms with Crippen molar-refractivity contribution in [2.24, 2.45) is 0 Å². The molecule has 0 spiro atoms. The fraction of sp³-hybridized carbons (Fsp3) is 0.214. The van der Waals surface area contributed by atoms with E-state index in [2.05, 4.69) is 42.9 Å². The number of alkyl halides is 1. The van der Waals surface area contributed by atoms with E-state index >= 15 is 0 Å². The lowest BCUT2D eigenvalue weighted by Gasteiger charge is -2.11. The lowest BCUT2D eigenvalue weighted by Crippen LogP contribution is -1.98.